The SMILES string of the molecule is CCc1cc(C2CNCCO2)c(O)cc1OC. The van der Waals surface area contributed by atoms with Crippen LogP contribution in [-0.2, 0) is 11.2 Å². The number of morpholine rings is 1. The van der Waals surface area contributed by atoms with Gasteiger partial charge in [0.05, 0.1) is 19.8 Å². The van der Waals surface area contributed by atoms with E-state index in [1.54, 1.807) is 13.2 Å². The van der Waals surface area contributed by atoms with Gasteiger partial charge in [0, 0.05) is 24.7 Å². The van der Waals surface area contributed by atoms with E-state index in [9.17, 15) is 5.11 Å². The van der Waals surface area contributed by atoms with Gasteiger partial charge in [0.2, 0.25) is 0 Å². The average molecular weight is 237 g/mol. The van der Waals surface area contributed by atoms with Crippen molar-refractivity contribution in [3.05, 3.63) is 23.3 Å². The zero-order valence-corrected chi connectivity index (χ0v) is 10.3. The fourth-order valence-corrected chi connectivity index (χ4v) is 2.12. The zero-order valence-electron chi connectivity index (χ0n) is 10.3. The number of aryl methyl sites for hydroxylation is 1. The molecule has 0 saturated carbocycles. The van der Waals surface area contributed by atoms with Crippen LogP contribution in [-0.4, -0.2) is 31.9 Å². The zero-order chi connectivity index (χ0) is 12.3. The van der Waals surface area contributed by atoms with Gasteiger partial charge in [0.25, 0.3) is 0 Å². The Balaban J connectivity index is 2.32. The van der Waals surface area contributed by atoms with Crippen LogP contribution < -0.4 is 10.1 Å². The first-order valence-electron chi connectivity index (χ1n) is 5.98. The Bertz CT molecular complexity index is 386. The lowest BCUT2D eigenvalue weighted by Crippen LogP contribution is -2.33. The molecule has 1 heterocycles. The standard InChI is InChI=1S/C13H19NO3/c1-3-9-6-10(11(15)7-12(9)16-2)13-8-14-4-5-17-13/h6-7,13-15H,3-5,8H2,1-2H3. The Labute approximate surface area is 102 Å². The molecule has 1 unspecified atom stereocenters. The lowest BCUT2D eigenvalue weighted by atomic mass is 10.0. The molecule has 17 heavy (non-hydrogen) atoms. The third-order valence-corrected chi connectivity index (χ3v) is 3.09. The molecule has 2 rings (SSSR count). The van der Waals surface area contributed by atoms with Crippen molar-refractivity contribution < 1.29 is 14.6 Å². The highest BCUT2D eigenvalue weighted by atomic mass is 16.5. The van der Waals surface area contributed by atoms with Gasteiger partial charge in [-0.2, -0.15) is 0 Å². The number of nitrogens with one attached hydrogen (secondary N) is 1. The number of rotatable bonds is 3. The topological polar surface area (TPSA) is 50.7 Å². The van der Waals surface area contributed by atoms with Gasteiger partial charge in [-0.1, -0.05) is 6.92 Å². The minimum atomic E-state index is -0.0695. The first kappa shape index (κ1) is 12.2. The third-order valence-electron chi connectivity index (χ3n) is 3.09. The number of phenolic OH excluding ortho intramolecular Hbond substituents is 1. The number of methoxy groups -OCH3 is 1. The number of hydrogen-bond donors (Lipinski definition) is 2. The molecule has 1 aromatic carbocycles. The highest BCUT2D eigenvalue weighted by molar-refractivity contribution is 5.47. The fraction of sp³-hybridized carbons (Fsp3) is 0.538. The van der Waals surface area contributed by atoms with Gasteiger partial charge in [-0.05, 0) is 18.1 Å². The Morgan fingerprint density at radius 1 is 1.53 bits per heavy atom. The first-order valence-corrected chi connectivity index (χ1v) is 5.98. The van der Waals surface area contributed by atoms with Gasteiger partial charge in [0.1, 0.15) is 11.5 Å². The van der Waals surface area contributed by atoms with Crippen molar-refractivity contribution in [2.75, 3.05) is 26.8 Å². The maximum Gasteiger partial charge on any atom is 0.125 e. The molecule has 1 atom stereocenters. The van der Waals surface area contributed by atoms with Crippen LogP contribution >= 0.6 is 0 Å². The minimum absolute atomic E-state index is 0.0695. The van der Waals surface area contributed by atoms with Crippen molar-refractivity contribution >= 4 is 0 Å². The van der Waals surface area contributed by atoms with E-state index < -0.39 is 0 Å². The smallest absolute Gasteiger partial charge is 0.125 e. The summed E-state index contributed by atoms with van der Waals surface area (Å²) < 4.78 is 10.9. The quantitative estimate of drug-likeness (QED) is 0.839. The highest BCUT2D eigenvalue weighted by Gasteiger charge is 2.20. The van der Waals surface area contributed by atoms with Gasteiger partial charge >= 0.3 is 0 Å². The lowest BCUT2D eigenvalue weighted by molar-refractivity contribution is 0.0262. The third kappa shape index (κ3) is 2.53. The molecule has 94 valence electrons. The Morgan fingerprint density at radius 2 is 2.35 bits per heavy atom. The second kappa shape index (κ2) is 5.38. The second-order valence-electron chi connectivity index (χ2n) is 4.14. The lowest BCUT2D eigenvalue weighted by Gasteiger charge is -2.25. The van der Waals surface area contributed by atoms with E-state index >= 15 is 0 Å². The van der Waals surface area contributed by atoms with Crippen LogP contribution in [0.5, 0.6) is 11.5 Å². The molecular weight excluding hydrogens is 218 g/mol. The van der Waals surface area contributed by atoms with Crippen molar-refractivity contribution in [3.8, 4) is 11.5 Å². The summed E-state index contributed by atoms with van der Waals surface area (Å²) in [5.41, 5.74) is 1.93. The van der Waals surface area contributed by atoms with E-state index in [2.05, 4.69) is 12.2 Å². The van der Waals surface area contributed by atoms with Gasteiger partial charge < -0.3 is 19.9 Å². The molecule has 0 aromatic heterocycles. The van der Waals surface area contributed by atoms with Crippen LogP contribution in [0.15, 0.2) is 12.1 Å². The molecule has 1 saturated heterocycles. The van der Waals surface area contributed by atoms with Crippen molar-refractivity contribution in [1.29, 1.82) is 0 Å². The summed E-state index contributed by atoms with van der Waals surface area (Å²) in [5, 5.41) is 13.3. The summed E-state index contributed by atoms with van der Waals surface area (Å²) in [6.07, 6.45) is 0.802. The summed E-state index contributed by atoms with van der Waals surface area (Å²) in [4.78, 5) is 0. The second-order valence-corrected chi connectivity index (χ2v) is 4.14. The molecule has 2 N–H and O–H groups in total. The van der Waals surface area contributed by atoms with Crippen LogP contribution in [0.3, 0.4) is 0 Å². The normalized spacial score (nSPS) is 20.2. The van der Waals surface area contributed by atoms with Gasteiger partial charge in [-0.15, -0.1) is 0 Å². The highest BCUT2D eigenvalue weighted by Crippen LogP contribution is 2.34. The molecule has 0 radical (unpaired) electrons. The first-order chi connectivity index (χ1) is 8.26. The predicted molar refractivity (Wildman–Crippen MR) is 65.6 cm³/mol. The average Bonchev–Trinajstić information content (AvgIpc) is 2.39. The van der Waals surface area contributed by atoms with Crippen LogP contribution in [0, 0.1) is 0 Å². The van der Waals surface area contributed by atoms with Crippen molar-refractivity contribution in [1.82, 2.24) is 5.32 Å². The van der Waals surface area contributed by atoms with E-state index in [4.69, 9.17) is 9.47 Å². The van der Waals surface area contributed by atoms with Crippen LogP contribution in [0.1, 0.15) is 24.2 Å². The molecule has 1 aromatic rings. The maximum absolute atomic E-state index is 10.0. The number of phenols is 1. The molecule has 1 fully saturated rings. The minimum Gasteiger partial charge on any atom is -0.507 e. The molecule has 0 aliphatic carbocycles. The van der Waals surface area contributed by atoms with E-state index in [1.807, 2.05) is 6.07 Å². The summed E-state index contributed by atoms with van der Waals surface area (Å²) >= 11 is 0. The van der Waals surface area contributed by atoms with Crippen LogP contribution in [0.25, 0.3) is 0 Å². The number of hydrogen-bond acceptors (Lipinski definition) is 4. The van der Waals surface area contributed by atoms with Crippen LogP contribution in [0.2, 0.25) is 0 Å². The summed E-state index contributed by atoms with van der Waals surface area (Å²) in [7, 11) is 1.62. The van der Waals surface area contributed by atoms with E-state index in [0.717, 1.165) is 36.4 Å². The number of aromatic hydroxyl groups is 1. The molecule has 0 spiro atoms. The van der Waals surface area contributed by atoms with Crippen LogP contribution in [0.4, 0.5) is 0 Å². The van der Waals surface area contributed by atoms with Gasteiger partial charge in [0.15, 0.2) is 0 Å². The van der Waals surface area contributed by atoms with Crippen molar-refractivity contribution in [3.63, 3.8) is 0 Å². The summed E-state index contributed by atoms with van der Waals surface area (Å²) in [6, 6.07) is 3.65. The largest absolute Gasteiger partial charge is 0.507 e. The Hall–Kier alpha value is -1.26. The number of benzene rings is 1. The maximum atomic E-state index is 10.0. The molecular formula is C13H19NO3. The molecule has 0 bridgehead atoms. The predicted octanol–water partition coefficient (Wildman–Crippen LogP) is 1.62. The summed E-state index contributed by atoms with van der Waals surface area (Å²) in [6.45, 7) is 4.35. The summed E-state index contributed by atoms with van der Waals surface area (Å²) in [5.74, 6) is 0.977. The molecule has 4 heteroatoms. The monoisotopic (exact) mass is 237 g/mol. The van der Waals surface area contributed by atoms with Crippen molar-refractivity contribution in [2.45, 2.75) is 19.4 Å². The number of ether oxygens (including phenoxy) is 2. The fourth-order valence-electron chi connectivity index (χ4n) is 2.12. The molecule has 4 nitrogen and oxygen atoms in total. The van der Waals surface area contributed by atoms with Gasteiger partial charge in [-0.3, -0.25) is 0 Å². The Kier molecular flexibility index (Phi) is 3.86. The molecule has 1 aliphatic rings. The van der Waals surface area contributed by atoms with E-state index in [1.165, 1.54) is 0 Å². The Morgan fingerprint density at radius 3 is 2.94 bits per heavy atom. The van der Waals surface area contributed by atoms with E-state index in [-0.39, 0.29) is 11.9 Å². The van der Waals surface area contributed by atoms with Gasteiger partial charge in [-0.25, -0.2) is 0 Å². The molecule has 1 aliphatic heterocycles. The van der Waals surface area contributed by atoms with Crippen molar-refractivity contribution in [2.24, 2.45) is 0 Å². The molecule has 0 amide bonds. The van der Waals surface area contributed by atoms with E-state index in [0.29, 0.717) is 6.61 Å².